The minimum Gasteiger partial charge on any atom is -0.322 e. The maximum absolute atomic E-state index is 12.8. The summed E-state index contributed by atoms with van der Waals surface area (Å²) in [6.45, 7) is 4.24. The highest BCUT2D eigenvalue weighted by Crippen LogP contribution is 2.35. The van der Waals surface area contributed by atoms with Gasteiger partial charge in [-0.1, -0.05) is 37.3 Å². The molecule has 1 spiro atoms. The Hall–Kier alpha value is -2.41. The first-order valence-corrected chi connectivity index (χ1v) is 9.54. The van der Waals surface area contributed by atoms with Crippen molar-refractivity contribution in [3.05, 3.63) is 35.9 Å². The zero-order chi connectivity index (χ0) is 19.6. The first-order valence-electron chi connectivity index (χ1n) is 9.54. The summed E-state index contributed by atoms with van der Waals surface area (Å²) >= 11 is 0. The number of urea groups is 1. The third kappa shape index (κ3) is 3.98. The Morgan fingerprint density at radius 3 is 2.56 bits per heavy atom. The molecular weight excluding hydrogens is 344 g/mol. The van der Waals surface area contributed by atoms with Gasteiger partial charge in [0.1, 0.15) is 5.54 Å². The summed E-state index contributed by atoms with van der Waals surface area (Å²) in [7, 11) is 1.84. The number of hydrogen-bond donors (Lipinski definition) is 2. The Morgan fingerprint density at radius 2 is 1.93 bits per heavy atom. The SMILES string of the molecule is CC1CCC2(CC1)NC(=O)N(NC(=O)CN(C)C(C)c1ccccc1)C2=O. The second-order valence-corrected chi connectivity index (χ2v) is 7.87. The van der Waals surface area contributed by atoms with E-state index >= 15 is 0 Å². The molecule has 2 aliphatic rings. The lowest BCUT2D eigenvalue weighted by atomic mass is 9.77. The van der Waals surface area contributed by atoms with E-state index in [4.69, 9.17) is 0 Å². The fourth-order valence-corrected chi connectivity index (χ4v) is 3.83. The topological polar surface area (TPSA) is 81.8 Å². The summed E-state index contributed by atoms with van der Waals surface area (Å²) in [5, 5.41) is 3.67. The second-order valence-electron chi connectivity index (χ2n) is 7.87. The highest BCUT2D eigenvalue weighted by molar-refractivity contribution is 6.08. The van der Waals surface area contributed by atoms with E-state index in [1.54, 1.807) is 0 Å². The van der Waals surface area contributed by atoms with Gasteiger partial charge in [0.2, 0.25) is 0 Å². The van der Waals surface area contributed by atoms with Crippen molar-refractivity contribution < 1.29 is 14.4 Å². The zero-order valence-electron chi connectivity index (χ0n) is 16.2. The number of hydrazine groups is 1. The van der Waals surface area contributed by atoms with Crippen LogP contribution in [-0.4, -0.2) is 46.9 Å². The average molecular weight is 372 g/mol. The van der Waals surface area contributed by atoms with E-state index in [2.05, 4.69) is 17.7 Å². The molecule has 1 atom stereocenters. The van der Waals surface area contributed by atoms with Crippen molar-refractivity contribution in [2.45, 2.75) is 51.1 Å². The molecule has 0 radical (unpaired) electrons. The van der Waals surface area contributed by atoms with Crippen molar-refractivity contribution >= 4 is 17.8 Å². The Balaban J connectivity index is 1.59. The number of amides is 4. The number of nitrogens with one attached hydrogen (secondary N) is 2. The van der Waals surface area contributed by atoms with Crippen molar-refractivity contribution in [2.24, 2.45) is 5.92 Å². The van der Waals surface area contributed by atoms with Crippen LogP contribution >= 0.6 is 0 Å². The molecule has 0 aromatic heterocycles. The highest BCUT2D eigenvalue weighted by atomic mass is 16.2. The number of carbonyl (C=O) groups is 3. The summed E-state index contributed by atoms with van der Waals surface area (Å²) in [6, 6.07) is 9.36. The van der Waals surface area contributed by atoms with E-state index in [-0.39, 0.29) is 24.4 Å². The molecule has 1 saturated heterocycles. The molecule has 27 heavy (non-hydrogen) atoms. The van der Waals surface area contributed by atoms with Crippen molar-refractivity contribution in [3.8, 4) is 0 Å². The van der Waals surface area contributed by atoms with Crippen LogP contribution in [0.1, 0.15) is 51.1 Å². The van der Waals surface area contributed by atoms with Crippen LogP contribution in [0.25, 0.3) is 0 Å². The lowest BCUT2D eigenvalue weighted by Gasteiger charge is -2.33. The van der Waals surface area contributed by atoms with Gasteiger partial charge in [0, 0.05) is 6.04 Å². The summed E-state index contributed by atoms with van der Waals surface area (Å²) in [5.74, 6) is -0.173. The van der Waals surface area contributed by atoms with Crippen LogP contribution in [-0.2, 0) is 9.59 Å². The van der Waals surface area contributed by atoms with Crippen LogP contribution in [0.5, 0.6) is 0 Å². The van der Waals surface area contributed by atoms with Crippen LogP contribution in [0, 0.1) is 5.92 Å². The van der Waals surface area contributed by atoms with Gasteiger partial charge in [-0.15, -0.1) is 0 Å². The normalized spacial score (nSPS) is 26.4. The van der Waals surface area contributed by atoms with Gasteiger partial charge in [-0.05, 0) is 51.1 Å². The quantitative estimate of drug-likeness (QED) is 0.777. The Morgan fingerprint density at radius 1 is 1.30 bits per heavy atom. The van der Waals surface area contributed by atoms with E-state index in [1.807, 2.05) is 49.2 Å². The number of likely N-dealkylation sites (N-methyl/N-ethyl adjacent to an activating group) is 1. The number of rotatable bonds is 5. The van der Waals surface area contributed by atoms with Crippen molar-refractivity contribution in [2.75, 3.05) is 13.6 Å². The minimum atomic E-state index is -0.847. The van der Waals surface area contributed by atoms with E-state index in [0.29, 0.717) is 18.8 Å². The fraction of sp³-hybridized carbons (Fsp3) is 0.550. The molecule has 1 aliphatic carbocycles. The Bertz CT molecular complexity index is 713. The number of benzene rings is 1. The number of hydrogen-bond acceptors (Lipinski definition) is 4. The molecule has 146 valence electrons. The largest absolute Gasteiger partial charge is 0.344 e. The van der Waals surface area contributed by atoms with Crippen LogP contribution < -0.4 is 10.7 Å². The predicted octanol–water partition coefficient (Wildman–Crippen LogP) is 2.21. The third-order valence-corrected chi connectivity index (χ3v) is 5.86. The van der Waals surface area contributed by atoms with Gasteiger partial charge in [-0.2, -0.15) is 5.01 Å². The summed E-state index contributed by atoms with van der Waals surface area (Å²) < 4.78 is 0. The maximum Gasteiger partial charge on any atom is 0.344 e. The molecule has 7 heteroatoms. The molecule has 0 bridgehead atoms. The molecule has 2 fully saturated rings. The van der Waals surface area contributed by atoms with Crippen molar-refractivity contribution in [1.29, 1.82) is 0 Å². The average Bonchev–Trinajstić information content (AvgIpc) is 2.88. The van der Waals surface area contributed by atoms with Gasteiger partial charge in [-0.25, -0.2) is 4.79 Å². The molecule has 3 rings (SSSR count). The molecule has 1 aliphatic heterocycles. The minimum absolute atomic E-state index is 0.0335. The van der Waals surface area contributed by atoms with E-state index in [1.165, 1.54) is 0 Å². The lowest BCUT2D eigenvalue weighted by Crippen LogP contribution is -2.52. The lowest BCUT2D eigenvalue weighted by molar-refractivity contribution is -0.140. The molecule has 4 amide bonds. The molecule has 1 aromatic rings. The van der Waals surface area contributed by atoms with E-state index in [9.17, 15) is 14.4 Å². The van der Waals surface area contributed by atoms with Crippen LogP contribution in [0.3, 0.4) is 0 Å². The van der Waals surface area contributed by atoms with Crippen LogP contribution in [0.2, 0.25) is 0 Å². The Labute approximate surface area is 160 Å². The molecule has 1 aromatic carbocycles. The monoisotopic (exact) mass is 372 g/mol. The fourth-order valence-electron chi connectivity index (χ4n) is 3.83. The predicted molar refractivity (Wildman–Crippen MR) is 101 cm³/mol. The Kier molecular flexibility index (Phi) is 5.51. The van der Waals surface area contributed by atoms with Crippen LogP contribution in [0.15, 0.2) is 30.3 Å². The number of carbonyl (C=O) groups excluding carboxylic acids is 3. The molecule has 7 nitrogen and oxygen atoms in total. The molecular formula is C20H28N4O3. The first-order chi connectivity index (χ1) is 12.8. The van der Waals surface area contributed by atoms with Gasteiger partial charge in [0.05, 0.1) is 6.54 Å². The van der Waals surface area contributed by atoms with Crippen molar-refractivity contribution in [1.82, 2.24) is 20.7 Å². The molecule has 1 heterocycles. The maximum atomic E-state index is 12.8. The van der Waals surface area contributed by atoms with Gasteiger partial charge < -0.3 is 5.32 Å². The van der Waals surface area contributed by atoms with Crippen molar-refractivity contribution in [3.63, 3.8) is 0 Å². The van der Waals surface area contributed by atoms with Gasteiger partial charge in [0.25, 0.3) is 11.8 Å². The van der Waals surface area contributed by atoms with Gasteiger partial charge in [0.15, 0.2) is 0 Å². The smallest absolute Gasteiger partial charge is 0.322 e. The second kappa shape index (κ2) is 7.68. The summed E-state index contributed by atoms with van der Waals surface area (Å²) in [4.78, 5) is 39.4. The van der Waals surface area contributed by atoms with Gasteiger partial charge >= 0.3 is 6.03 Å². The number of imide groups is 1. The molecule has 2 N–H and O–H groups in total. The van der Waals surface area contributed by atoms with Crippen LogP contribution in [0.4, 0.5) is 4.79 Å². The first kappa shape index (κ1) is 19.4. The molecule has 1 unspecified atom stereocenters. The standard InChI is InChI=1S/C20H28N4O3/c1-14-9-11-20(12-10-14)18(26)24(19(27)21-20)22-17(25)13-23(3)15(2)16-7-5-4-6-8-16/h4-8,14-15H,9-13H2,1-3H3,(H,21,27)(H,22,25). The number of nitrogens with zero attached hydrogens (tertiary/aromatic N) is 2. The summed E-state index contributed by atoms with van der Waals surface area (Å²) in [5.41, 5.74) is 2.74. The third-order valence-electron chi connectivity index (χ3n) is 5.86. The van der Waals surface area contributed by atoms with Gasteiger partial charge in [-0.3, -0.25) is 19.9 Å². The highest BCUT2D eigenvalue weighted by Gasteiger charge is 2.52. The molecule has 1 saturated carbocycles. The van der Waals surface area contributed by atoms with E-state index in [0.717, 1.165) is 23.4 Å². The summed E-state index contributed by atoms with van der Waals surface area (Å²) in [6.07, 6.45) is 3.03. The van der Waals surface area contributed by atoms with E-state index < -0.39 is 11.6 Å². The zero-order valence-corrected chi connectivity index (χ0v) is 16.2.